The number of nitrogens with zero attached hydrogens (tertiary/aromatic N) is 4. The fourth-order valence-electron chi connectivity index (χ4n) is 4.95. The van der Waals surface area contributed by atoms with Crippen LogP contribution in [0.2, 0.25) is 0 Å². The number of fused-ring (bicyclic) bond motifs is 1. The third-order valence-electron chi connectivity index (χ3n) is 7.30. The summed E-state index contributed by atoms with van der Waals surface area (Å²) >= 11 is 0. The molecule has 222 valence electrons. The van der Waals surface area contributed by atoms with E-state index in [-0.39, 0.29) is 36.7 Å². The number of aromatic nitrogens is 3. The normalized spacial score (nSPS) is 20.5. The zero-order valence-electron chi connectivity index (χ0n) is 23.3. The van der Waals surface area contributed by atoms with E-state index in [1.165, 1.54) is 29.1 Å². The van der Waals surface area contributed by atoms with Gasteiger partial charge in [-0.1, -0.05) is 34.6 Å². The molecule has 0 bridgehead atoms. The molecule has 2 aliphatic rings. The van der Waals surface area contributed by atoms with Crippen molar-refractivity contribution in [3.63, 3.8) is 0 Å². The maximum Gasteiger partial charge on any atom is 0.309 e. The van der Waals surface area contributed by atoms with Crippen LogP contribution in [-0.4, -0.2) is 79.6 Å². The zero-order chi connectivity index (χ0) is 29.2. The molecule has 41 heavy (non-hydrogen) atoms. The molecule has 13 heteroatoms. The van der Waals surface area contributed by atoms with Crippen LogP contribution in [0.15, 0.2) is 31.2 Å². The van der Waals surface area contributed by atoms with E-state index < -0.39 is 18.7 Å². The van der Waals surface area contributed by atoms with Gasteiger partial charge < -0.3 is 19.7 Å². The lowest BCUT2D eigenvalue weighted by Crippen LogP contribution is -2.49. The van der Waals surface area contributed by atoms with Gasteiger partial charge >= 0.3 is 11.9 Å². The van der Waals surface area contributed by atoms with Crippen LogP contribution < -0.4 is 5.32 Å². The van der Waals surface area contributed by atoms with Crippen molar-refractivity contribution in [2.75, 3.05) is 24.4 Å². The van der Waals surface area contributed by atoms with Gasteiger partial charge in [-0.2, -0.15) is 0 Å². The molecule has 2 saturated heterocycles. The summed E-state index contributed by atoms with van der Waals surface area (Å²) in [5, 5.41) is 4.74. The van der Waals surface area contributed by atoms with E-state index in [2.05, 4.69) is 21.9 Å². The Balaban J connectivity index is 1.20. The first-order valence-corrected chi connectivity index (χ1v) is 16.4. The fourth-order valence-corrected chi connectivity index (χ4v) is 7.98. The molecule has 0 spiro atoms. The average Bonchev–Trinajstić information content (AvgIpc) is 3.65. The van der Waals surface area contributed by atoms with Crippen LogP contribution in [0.1, 0.15) is 69.5 Å². The molecule has 1 amide bonds. The standard InChI is InChI=1S/C28H37N5O6S2/c1-3-23(34)33-16-20(9-8-19(33)2)31-27-22-12-14-32(28(22)30-17-29-27)24(35)10-11-26(37)39-18-38-25(36)7-5-4-6-21-13-15-40-41-21/h3,12,14,17,19-21H,1,4-11,13,15-16,18H2,2H3,(H,29,30,31)/t19-,20+,21?/m0/s1. The van der Waals surface area contributed by atoms with Gasteiger partial charge in [0.1, 0.15) is 12.1 Å². The van der Waals surface area contributed by atoms with E-state index in [0.717, 1.165) is 32.1 Å². The zero-order valence-corrected chi connectivity index (χ0v) is 24.9. The lowest BCUT2D eigenvalue weighted by molar-refractivity contribution is -0.167. The first kappa shape index (κ1) is 30.9. The van der Waals surface area contributed by atoms with Crippen molar-refractivity contribution in [1.29, 1.82) is 0 Å². The van der Waals surface area contributed by atoms with Crippen LogP contribution in [0, 0.1) is 0 Å². The highest BCUT2D eigenvalue weighted by atomic mass is 33.1. The van der Waals surface area contributed by atoms with Crippen molar-refractivity contribution in [1.82, 2.24) is 19.4 Å². The summed E-state index contributed by atoms with van der Waals surface area (Å²) in [4.78, 5) is 59.5. The van der Waals surface area contributed by atoms with Gasteiger partial charge in [0.05, 0.1) is 11.8 Å². The summed E-state index contributed by atoms with van der Waals surface area (Å²) in [5.74, 6) is 0.322. The van der Waals surface area contributed by atoms with Gasteiger partial charge in [0.25, 0.3) is 0 Å². The molecule has 0 radical (unpaired) electrons. The molecule has 11 nitrogen and oxygen atoms in total. The predicted molar refractivity (Wildman–Crippen MR) is 159 cm³/mol. The summed E-state index contributed by atoms with van der Waals surface area (Å²) < 4.78 is 11.4. The van der Waals surface area contributed by atoms with Gasteiger partial charge in [0.2, 0.25) is 18.6 Å². The maximum absolute atomic E-state index is 12.9. The molecule has 3 atom stereocenters. The van der Waals surface area contributed by atoms with E-state index >= 15 is 0 Å². The van der Waals surface area contributed by atoms with Crippen molar-refractivity contribution >= 4 is 62.2 Å². The Morgan fingerprint density at radius 3 is 2.66 bits per heavy atom. The molecular formula is C28H37N5O6S2. The number of carbonyl (C=O) groups is 4. The van der Waals surface area contributed by atoms with E-state index in [4.69, 9.17) is 9.47 Å². The number of carbonyl (C=O) groups excluding carboxylic acids is 4. The van der Waals surface area contributed by atoms with Crippen LogP contribution in [0.4, 0.5) is 5.82 Å². The van der Waals surface area contributed by atoms with E-state index in [9.17, 15) is 19.2 Å². The molecule has 0 saturated carbocycles. The molecule has 4 heterocycles. The number of ether oxygens (including phenoxy) is 2. The van der Waals surface area contributed by atoms with Crippen molar-refractivity contribution < 1.29 is 28.7 Å². The molecule has 2 fully saturated rings. The van der Waals surface area contributed by atoms with Gasteiger partial charge in [-0.3, -0.25) is 23.7 Å². The Hall–Kier alpha value is -3.06. The number of hydrogen-bond acceptors (Lipinski definition) is 11. The van der Waals surface area contributed by atoms with Crippen LogP contribution in [0.3, 0.4) is 0 Å². The average molecular weight is 604 g/mol. The Bertz CT molecular complexity index is 1250. The minimum absolute atomic E-state index is 0.00803. The number of unbranched alkanes of at least 4 members (excludes halogenated alkanes) is 1. The minimum Gasteiger partial charge on any atom is -0.428 e. The van der Waals surface area contributed by atoms with Crippen LogP contribution >= 0.6 is 21.6 Å². The monoisotopic (exact) mass is 603 g/mol. The lowest BCUT2D eigenvalue weighted by atomic mass is 9.99. The van der Waals surface area contributed by atoms with Gasteiger partial charge in [-0.15, -0.1) is 0 Å². The molecule has 2 aromatic rings. The second kappa shape index (κ2) is 15.2. The number of hydrogen-bond donors (Lipinski definition) is 1. The maximum atomic E-state index is 12.9. The summed E-state index contributed by atoms with van der Waals surface area (Å²) in [6, 6.07) is 1.87. The molecular weight excluding hydrogens is 566 g/mol. The van der Waals surface area contributed by atoms with Crippen molar-refractivity contribution in [3.8, 4) is 0 Å². The second-order valence-corrected chi connectivity index (χ2v) is 13.0. The van der Waals surface area contributed by atoms with Crippen molar-refractivity contribution in [3.05, 3.63) is 31.2 Å². The third kappa shape index (κ3) is 8.71. The molecule has 1 N–H and O–H groups in total. The van der Waals surface area contributed by atoms with Crippen molar-refractivity contribution in [2.45, 2.75) is 82.0 Å². The summed E-state index contributed by atoms with van der Waals surface area (Å²) in [6.45, 7) is 5.68. The Morgan fingerprint density at radius 2 is 1.90 bits per heavy atom. The van der Waals surface area contributed by atoms with Crippen LogP contribution in [0.5, 0.6) is 0 Å². The van der Waals surface area contributed by atoms with E-state index in [1.54, 1.807) is 17.2 Å². The summed E-state index contributed by atoms with van der Waals surface area (Å²) in [5.41, 5.74) is 0.420. The Labute approximate surface area is 247 Å². The number of likely N-dealkylation sites (tertiary alicyclic amines) is 1. The van der Waals surface area contributed by atoms with Gasteiger partial charge in [0, 0.05) is 48.7 Å². The number of rotatable bonds is 13. The summed E-state index contributed by atoms with van der Waals surface area (Å²) in [6.07, 6.45) is 10.1. The highest BCUT2D eigenvalue weighted by Gasteiger charge is 2.28. The second-order valence-electron chi connectivity index (χ2n) is 10.2. The quantitative estimate of drug-likeness (QED) is 0.113. The number of amides is 1. The van der Waals surface area contributed by atoms with Crippen LogP contribution in [-0.2, 0) is 23.9 Å². The number of esters is 2. The first-order valence-electron chi connectivity index (χ1n) is 14.0. The number of nitrogens with one attached hydrogen (secondary N) is 1. The minimum atomic E-state index is -0.625. The van der Waals surface area contributed by atoms with Gasteiger partial charge in [-0.05, 0) is 51.2 Å². The molecule has 0 aliphatic carbocycles. The lowest BCUT2D eigenvalue weighted by Gasteiger charge is -2.38. The first-order chi connectivity index (χ1) is 19.9. The number of anilines is 1. The molecule has 0 aromatic carbocycles. The fraction of sp³-hybridized carbons (Fsp3) is 0.571. The number of piperidine rings is 1. The molecule has 2 aliphatic heterocycles. The SMILES string of the molecule is C=CC(=O)N1C[C@H](Nc2ncnc3c2ccn3C(=O)CCC(=O)OCOC(=O)CCCCC2CCSS2)CC[C@@H]1C. The smallest absolute Gasteiger partial charge is 0.309 e. The largest absolute Gasteiger partial charge is 0.428 e. The highest BCUT2D eigenvalue weighted by molar-refractivity contribution is 8.77. The third-order valence-corrected chi connectivity index (χ3v) is 10.3. The highest BCUT2D eigenvalue weighted by Crippen LogP contribution is 2.39. The summed E-state index contributed by atoms with van der Waals surface area (Å²) in [7, 11) is 3.83. The van der Waals surface area contributed by atoms with E-state index in [0.29, 0.717) is 35.1 Å². The molecule has 4 rings (SSSR count). The van der Waals surface area contributed by atoms with Gasteiger partial charge in [0.15, 0.2) is 5.65 Å². The van der Waals surface area contributed by atoms with Crippen LogP contribution in [0.25, 0.3) is 11.0 Å². The Kier molecular flexibility index (Phi) is 11.5. The van der Waals surface area contributed by atoms with Crippen molar-refractivity contribution in [2.24, 2.45) is 0 Å². The Morgan fingerprint density at radius 1 is 1.10 bits per heavy atom. The predicted octanol–water partition coefficient (Wildman–Crippen LogP) is 4.59. The topological polar surface area (TPSA) is 133 Å². The molecule has 2 aromatic heterocycles. The van der Waals surface area contributed by atoms with Gasteiger partial charge in [-0.25, -0.2) is 9.97 Å². The van der Waals surface area contributed by atoms with E-state index in [1.807, 2.05) is 28.5 Å². The molecule has 1 unspecified atom stereocenters.